The highest BCUT2D eigenvalue weighted by Gasteiger charge is 2.18. The summed E-state index contributed by atoms with van der Waals surface area (Å²) in [5, 5.41) is 8.24. The zero-order valence-electron chi connectivity index (χ0n) is 15.8. The first-order valence-corrected chi connectivity index (χ1v) is 10.5. The second-order valence-corrected chi connectivity index (χ2v) is 7.57. The number of aryl methyl sites for hydroxylation is 1. The maximum absolute atomic E-state index is 8.99. The molecule has 1 aliphatic heterocycles. The molecule has 2 aromatic rings. The maximum Gasteiger partial charge on any atom is 0.157 e. The zero-order valence-corrected chi connectivity index (χ0v) is 17.4. The summed E-state index contributed by atoms with van der Waals surface area (Å²) in [7, 11) is 0. The van der Waals surface area contributed by atoms with Gasteiger partial charge in [0.2, 0.25) is 0 Å². The number of ether oxygens (including phenoxy) is 2. The van der Waals surface area contributed by atoms with Crippen molar-refractivity contribution in [3.63, 3.8) is 0 Å². The molecule has 1 saturated heterocycles. The van der Waals surface area contributed by atoms with Crippen LogP contribution in [0.5, 0.6) is 0 Å². The third-order valence-corrected chi connectivity index (χ3v) is 5.53. The number of azide groups is 1. The normalized spacial score (nSPS) is 17.8. The van der Waals surface area contributed by atoms with E-state index in [4.69, 9.17) is 15.0 Å². The van der Waals surface area contributed by atoms with Gasteiger partial charge < -0.3 is 9.47 Å². The lowest BCUT2D eigenvalue weighted by Crippen LogP contribution is -2.24. The smallest absolute Gasteiger partial charge is 0.157 e. The predicted molar refractivity (Wildman–Crippen MR) is 109 cm³/mol. The molecular weight excluding hydrogens is 424 g/mol. The van der Waals surface area contributed by atoms with Crippen LogP contribution in [0.15, 0.2) is 40.2 Å². The van der Waals surface area contributed by atoms with Crippen LogP contribution in [0.25, 0.3) is 10.4 Å². The van der Waals surface area contributed by atoms with Gasteiger partial charge in [0.15, 0.2) is 6.29 Å². The number of rotatable bonds is 10. The van der Waals surface area contributed by atoms with Crippen LogP contribution in [0.1, 0.15) is 49.5 Å². The maximum atomic E-state index is 8.99. The molecule has 1 aromatic heterocycles. The monoisotopic (exact) mass is 448 g/mol. The molecule has 28 heavy (non-hydrogen) atoms. The van der Waals surface area contributed by atoms with Crippen LogP contribution >= 0.6 is 15.9 Å². The lowest BCUT2D eigenvalue weighted by molar-refractivity contribution is -0.163. The van der Waals surface area contributed by atoms with Crippen molar-refractivity contribution in [3.05, 3.63) is 56.9 Å². The SMILES string of the molecule is [N-]=[N+]=NC(CCCc1ccccc1Br)c1ncnn1CCOC1CCCCO1. The molecular formula is C19H25BrN6O2. The molecule has 0 radical (unpaired) electrons. The van der Waals surface area contributed by atoms with E-state index in [2.05, 4.69) is 42.1 Å². The van der Waals surface area contributed by atoms with Gasteiger partial charge in [0, 0.05) is 16.0 Å². The Morgan fingerprint density at radius 3 is 3.07 bits per heavy atom. The van der Waals surface area contributed by atoms with E-state index in [0.717, 1.165) is 43.2 Å². The van der Waals surface area contributed by atoms with Gasteiger partial charge in [0.25, 0.3) is 0 Å². The minimum atomic E-state index is -0.346. The lowest BCUT2D eigenvalue weighted by Gasteiger charge is -2.22. The lowest BCUT2D eigenvalue weighted by atomic mass is 10.0. The quantitative estimate of drug-likeness (QED) is 0.291. The standard InChI is InChI=1S/C19H25BrN6O2/c20-16-8-2-1-6-15(16)7-5-9-17(24-25-21)19-22-14-23-26(19)11-13-28-18-10-3-4-12-27-18/h1-2,6,8,14,17-18H,3-5,7,9-13H2. The van der Waals surface area contributed by atoms with Gasteiger partial charge in [-0.05, 0) is 55.7 Å². The average Bonchev–Trinajstić information content (AvgIpc) is 3.18. The second-order valence-electron chi connectivity index (χ2n) is 6.71. The molecule has 0 spiro atoms. The first kappa shape index (κ1) is 20.8. The third kappa shape index (κ3) is 6.04. The summed E-state index contributed by atoms with van der Waals surface area (Å²) in [5.74, 6) is 0.679. The van der Waals surface area contributed by atoms with E-state index in [9.17, 15) is 0 Å². The molecule has 0 N–H and O–H groups in total. The largest absolute Gasteiger partial charge is 0.353 e. The van der Waals surface area contributed by atoms with Crippen molar-refractivity contribution in [3.8, 4) is 0 Å². The van der Waals surface area contributed by atoms with Crippen molar-refractivity contribution < 1.29 is 9.47 Å². The van der Waals surface area contributed by atoms with E-state index in [1.807, 2.05) is 18.2 Å². The Kier molecular flexibility index (Phi) is 8.29. The number of halogens is 1. The second kappa shape index (κ2) is 11.2. The van der Waals surface area contributed by atoms with Crippen molar-refractivity contribution >= 4 is 15.9 Å². The molecule has 2 unspecified atom stereocenters. The molecule has 1 aromatic carbocycles. The van der Waals surface area contributed by atoms with Crippen LogP contribution < -0.4 is 0 Å². The van der Waals surface area contributed by atoms with Crippen molar-refractivity contribution in [2.75, 3.05) is 13.2 Å². The number of hydrogen-bond acceptors (Lipinski definition) is 5. The Bertz CT molecular complexity index is 786. The van der Waals surface area contributed by atoms with Crippen molar-refractivity contribution in [2.24, 2.45) is 5.11 Å². The molecule has 8 nitrogen and oxygen atoms in total. The summed E-state index contributed by atoms with van der Waals surface area (Å²) in [6, 6.07) is 7.81. The van der Waals surface area contributed by atoms with Crippen molar-refractivity contribution in [1.82, 2.24) is 14.8 Å². The van der Waals surface area contributed by atoms with Crippen LogP contribution in [0.3, 0.4) is 0 Å². The van der Waals surface area contributed by atoms with Crippen LogP contribution in [-0.4, -0.2) is 34.3 Å². The van der Waals surface area contributed by atoms with Crippen LogP contribution in [0.4, 0.5) is 0 Å². The highest BCUT2D eigenvalue weighted by Crippen LogP contribution is 2.24. The van der Waals surface area contributed by atoms with E-state index in [0.29, 0.717) is 25.4 Å². The topological polar surface area (TPSA) is 97.9 Å². The van der Waals surface area contributed by atoms with Crippen molar-refractivity contribution in [1.29, 1.82) is 0 Å². The molecule has 1 aliphatic rings. The number of benzene rings is 1. The summed E-state index contributed by atoms with van der Waals surface area (Å²) >= 11 is 3.57. The molecule has 150 valence electrons. The summed E-state index contributed by atoms with van der Waals surface area (Å²) in [5.41, 5.74) is 10.2. The number of nitrogens with zero attached hydrogens (tertiary/aromatic N) is 6. The first-order valence-electron chi connectivity index (χ1n) is 9.66. The predicted octanol–water partition coefficient (Wildman–Crippen LogP) is 4.96. The molecule has 2 heterocycles. The summed E-state index contributed by atoms with van der Waals surface area (Å²) in [6.07, 6.45) is 7.02. The zero-order chi connectivity index (χ0) is 19.6. The van der Waals surface area contributed by atoms with Crippen molar-refractivity contribution in [2.45, 2.75) is 57.4 Å². The van der Waals surface area contributed by atoms with Gasteiger partial charge >= 0.3 is 0 Å². The average molecular weight is 449 g/mol. The van der Waals surface area contributed by atoms with Crippen LogP contribution in [-0.2, 0) is 22.4 Å². The fourth-order valence-electron chi connectivity index (χ4n) is 3.30. The van der Waals surface area contributed by atoms with Gasteiger partial charge in [0.05, 0.1) is 19.2 Å². The number of hydrogen-bond donors (Lipinski definition) is 0. The van der Waals surface area contributed by atoms with Gasteiger partial charge in [-0.15, -0.1) is 0 Å². The van der Waals surface area contributed by atoms with Crippen LogP contribution in [0, 0.1) is 0 Å². The Labute approximate surface area is 173 Å². The molecule has 3 rings (SSSR count). The summed E-state index contributed by atoms with van der Waals surface area (Å²) in [4.78, 5) is 7.35. The highest BCUT2D eigenvalue weighted by molar-refractivity contribution is 9.10. The molecule has 0 aliphatic carbocycles. The Hall–Kier alpha value is -1.93. The fraction of sp³-hybridized carbons (Fsp3) is 0.579. The molecule has 2 atom stereocenters. The Balaban J connectivity index is 1.54. The first-order chi connectivity index (χ1) is 13.8. The molecule has 0 bridgehead atoms. The van der Waals surface area contributed by atoms with Gasteiger partial charge in [-0.3, -0.25) is 0 Å². The molecule has 0 saturated carbocycles. The van der Waals surface area contributed by atoms with Crippen LogP contribution in [0.2, 0.25) is 0 Å². The van der Waals surface area contributed by atoms with Gasteiger partial charge in [0.1, 0.15) is 12.2 Å². The minimum absolute atomic E-state index is 0.127. The third-order valence-electron chi connectivity index (χ3n) is 4.76. The van der Waals surface area contributed by atoms with E-state index in [1.165, 1.54) is 11.9 Å². The molecule has 9 heteroatoms. The van der Waals surface area contributed by atoms with Gasteiger partial charge in [-0.2, -0.15) is 5.10 Å². The summed E-state index contributed by atoms with van der Waals surface area (Å²) < 4.78 is 14.2. The molecule has 1 fully saturated rings. The Morgan fingerprint density at radius 2 is 2.29 bits per heavy atom. The number of aromatic nitrogens is 3. The minimum Gasteiger partial charge on any atom is -0.353 e. The Morgan fingerprint density at radius 1 is 1.39 bits per heavy atom. The van der Waals surface area contributed by atoms with E-state index in [1.54, 1.807) is 4.68 Å². The summed E-state index contributed by atoms with van der Waals surface area (Å²) in [6.45, 7) is 1.80. The molecule has 0 amide bonds. The fourth-order valence-corrected chi connectivity index (χ4v) is 3.79. The highest BCUT2D eigenvalue weighted by atomic mass is 79.9. The van der Waals surface area contributed by atoms with E-state index in [-0.39, 0.29) is 12.3 Å². The van der Waals surface area contributed by atoms with E-state index >= 15 is 0 Å². The van der Waals surface area contributed by atoms with Gasteiger partial charge in [-0.25, -0.2) is 9.67 Å². The van der Waals surface area contributed by atoms with E-state index < -0.39 is 0 Å². The van der Waals surface area contributed by atoms with Gasteiger partial charge in [-0.1, -0.05) is 39.2 Å².